The quantitative estimate of drug-likeness (QED) is 0.711. The van der Waals surface area contributed by atoms with E-state index in [4.69, 9.17) is 12.2 Å². The number of amides is 3. The molecule has 2 aromatic rings. The Morgan fingerprint density at radius 1 is 1.15 bits per heavy atom. The van der Waals surface area contributed by atoms with Crippen LogP contribution in [0.15, 0.2) is 54.7 Å². The molecule has 2 saturated heterocycles. The van der Waals surface area contributed by atoms with E-state index >= 15 is 0 Å². The summed E-state index contributed by atoms with van der Waals surface area (Å²) in [6.45, 7) is 2.92. The van der Waals surface area contributed by atoms with E-state index in [1.165, 1.54) is 4.90 Å². The van der Waals surface area contributed by atoms with Crippen LogP contribution in [0.2, 0.25) is 0 Å². The molecule has 1 atom stereocenters. The third-order valence-electron chi connectivity index (χ3n) is 6.35. The third kappa shape index (κ3) is 4.41. The lowest BCUT2D eigenvalue weighted by Gasteiger charge is -2.31. The number of ether oxygens (including phenoxy) is 2. The highest BCUT2D eigenvalue weighted by Crippen LogP contribution is 2.34. The lowest BCUT2D eigenvalue weighted by atomic mass is 10.0. The first-order valence-electron chi connectivity index (χ1n) is 12.3. The van der Waals surface area contributed by atoms with Crippen LogP contribution in [0.3, 0.4) is 0 Å². The van der Waals surface area contributed by atoms with Crippen molar-refractivity contribution in [2.24, 2.45) is 0 Å². The number of nitrogens with one attached hydrogen (secondary N) is 1. The molecule has 3 heterocycles. The zero-order chi connectivity index (χ0) is 25.4. The van der Waals surface area contributed by atoms with Crippen LogP contribution in [0, 0.1) is 0 Å². The maximum atomic E-state index is 13.0. The van der Waals surface area contributed by atoms with Gasteiger partial charge in [0, 0.05) is 29.9 Å². The van der Waals surface area contributed by atoms with E-state index in [1.807, 2.05) is 30.3 Å². The molecule has 0 aromatic heterocycles. The third-order valence-corrected chi connectivity index (χ3v) is 6.35. The second-order valence-corrected chi connectivity index (χ2v) is 8.64. The Morgan fingerprint density at radius 3 is 2.74 bits per heavy atom. The van der Waals surface area contributed by atoms with Crippen molar-refractivity contribution in [2.45, 2.75) is 38.6 Å². The maximum Gasteiger partial charge on any atom is 0.255 e. The molecule has 0 spiro atoms. The molecule has 1 unspecified atom stereocenters. The highest BCUT2D eigenvalue weighted by molar-refractivity contribution is 6.02. The van der Waals surface area contributed by atoms with Gasteiger partial charge in [-0.05, 0) is 36.1 Å². The van der Waals surface area contributed by atoms with Crippen LogP contribution in [0.25, 0.3) is 0 Å². The van der Waals surface area contributed by atoms with Gasteiger partial charge in [-0.1, -0.05) is 36.9 Å². The minimum absolute atomic E-state index is 0.159. The molecule has 2 fully saturated rings. The molecule has 1 N–H and O–H groups in total. The van der Waals surface area contributed by atoms with Gasteiger partial charge in [-0.25, -0.2) is 0 Å². The van der Waals surface area contributed by atoms with Crippen molar-refractivity contribution in [3.05, 3.63) is 77.0 Å². The van der Waals surface area contributed by atoms with Crippen molar-refractivity contribution in [1.82, 2.24) is 15.1 Å². The number of carbonyl (C=O) groups is 3. The Hall–Kier alpha value is -3.65. The number of hydrogen-bond acceptors (Lipinski definition) is 5. The highest BCUT2D eigenvalue weighted by Gasteiger charge is 2.39. The largest absolute Gasteiger partial charge is 0.489 e. The van der Waals surface area contributed by atoms with Crippen molar-refractivity contribution < 1.29 is 26.6 Å². The molecule has 34 heavy (non-hydrogen) atoms. The van der Waals surface area contributed by atoms with Gasteiger partial charge in [-0.3, -0.25) is 14.4 Å². The van der Waals surface area contributed by atoms with Crippen molar-refractivity contribution in [3.63, 3.8) is 0 Å². The molecule has 0 aliphatic carbocycles. The van der Waals surface area contributed by atoms with Crippen LogP contribution in [0.5, 0.6) is 5.75 Å². The first-order valence-corrected chi connectivity index (χ1v) is 11.3. The number of fused-ring (bicyclic) bond motifs is 1. The lowest BCUT2D eigenvalue weighted by molar-refractivity contribution is -0.143. The van der Waals surface area contributed by atoms with Gasteiger partial charge in [-0.2, -0.15) is 0 Å². The number of allylic oxidation sites excluding steroid dienone is 1. The zero-order valence-corrected chi connectivity index (χ0v) is 18.7. The van der Waals surface area contributed by atoms with Crippen molar-refractivity contribution in [3.8, 4) is 5.75 Å². The molecule has 2 aromatic carbocycles. The summed E-state index contributed by atoms with van der Waals surface area (Å²) in [4.78, 5) is 40.7. The van der Waals surface area contributed by atoms with Crippen LogP contribution < -0.4 is 10.1 Å². The average Bonchev–Trinajstić information content (AvgIpc) is 3.18. The number of morpholine rings is 1. The normalized spacial score (nSPS) is 22.8. The zero-order valence-electron chi connectivity index (χ0n) is 20.7. The Labute approximate surface area is 200 Å². The number of carbonyl (C=O) groups excluding carboxylic acids is 3. The van der Waals surface area contributed by atoms with E-state index < -0.39 is 18.5 Å². The van der Waals surface area contributed by atoms with E-state index in [0.717, 1.165) is 16.7 Å². The molecule has 0 bridgehead atoms. The molecule has 3 amide bonds. The van der Waals surface area contributed by atoms with Gasteiger partial charge in [0.25, 0.3) is 5.91 Å². The molecular weight excluding hydrogens is 434 g/mol. The summed E-state index contributed by atoms with van der Waals surface area (Å²) >= 11 is 0. The van der Waals surface area contributed by atoms with Crippen LogP contribution in [0.4, 0.5) is 0 Å². The Kier molecular flexibility index (Phi) is 5.42. The summed E-state index contributed by atoms with van der Waals surface area (Å²) in [5, 5.41) is 2.75. The number of nitrogens with zero attached hydrogens (tertiary/aromatic N) is 2. The highest BCUT2D eigenvalue weighted by atomic mass is 16.5. The van der Waals surface area contributed by atoms with Gasteiger partial charge in [0.2, 0.25) is 11.8 Å². The fourth-order valence-corrected chi connectivity index (χ4v) is 4.48. The molecule has 8 nitrogen and oxygen atoms in total. The first-order chi connectivity index (χ1) is 17.2. The van der Waals surface area contributed by atoms with Crippen LogP contribution in [-0.4, -0.2) is 53.3 Å². The van der Waals surface area contributed by atoms with Crippen LogP contribution in [0.1, 0.15) is 42.6 Å². The van der Waals surface area contributed by atoms with Crippen LogP contribution in [-0.2, 0) is 34.0 Å². The standard InChI is InChI=1S/C26H27N3O5/c1-17-5-10-22(25(31)27-17)29-14-21-20(26(29)32)3-2-4-23(21)34-15-19-8-6-18(7-9-19)13-28-11-12-33-16-24(28)30/h2-4,6-9,22H,1,5,10-16H2,(H,27,31)/i16D2. The number of piperidine rings is 1. The maximum absolute atomic E-state index is 13.0. The van der Waals surface area contributed by atoms with Gasteiger partial charge >= 0.3 is 0 Å². The number of hydrogen-bond donors (Lipinski definition) is 1. The monoisotopic (exact) mass is 463 g/mol. The summed E-state index contributed by atoms with van der Waals surface area (Å²) in [6, 6.07) is 12.4. The van der Waals surface area contributed by atoms with Gasteiger partial charge < -0.3 is 24.6 Å². The summed E-state index contributed by atoms with van der Waals surface area (Å²) in [7, 11) is 0. The predicted octanol–water partition coefficient (Wildman–Crippen LogP) is 2.37. The Balaban J connectivity index is 1.23. The molecule has 8 heteroatoms. The average molecular weight is 464 g/mol. The molecule has 0 saturated carbocycles. The predicted molar refractivity (Wildman–Crippen MR) is 124 cm³/mol. The van der Waals surface area contributed by atoms with E-state index in [-0.39, 0.29) is 25.0 Å². The van der Waals surface area contributed by atoms with Gasteiger partial charge in [0.05, 0.1) is 15.9 Å². The van der Waals surface area contributed by atoms with Crippen LogP contribution >= 0.6 is 0 Å². The molecule has 0 radical (unpaired) electrons. The summed E-state index contributed by atoms with van der Waals surface area (Å²) in [6.07, 6.45) is 1.19. The SMILES string of the molecule is [2H]C1([2H])OCCN(Cc2ccc(COc3cccc4c3CN(C3CCC(=C)NC3=O)C4=O)cc2)C1=O. The molecule has 3 aliphatic rings. The number of benzene rings is 2. The minimum atomic E-state index is -2.28. The Morgan fingerprint density at radius 2 is 1.94 bits per heavy atom. The lowest BCUT2D eigenvalue weighted by Crippen LogP contribution is -2.49. The molecule has 5 rings (SSSR count). The molecule has 176 valence electrons. The molecular formula is C26H27N3O5. The van der Waals surface area contributed by atoms with E-state index in [0.29, 0.717) is 49.5 Å². The summed E-state index contributed by atoms with van der Waals surface area (Å²) < 4.78 is 26.3. The first kappa shape index (κ1) is 19.8. The fraction of sp³-hybridized carbons (Fsp3) is 0.346. The van der Waals surface area contributed by atoms with E-state index in [9.17, 15) is 14.4 Å². The van der Waals surface area contributed by atoms with Crippen molar-refractivity contribution >= 4 is 17.7 Å². The number of rotatable bonds is 6. The van der Waals surface area contributed by atoms with Gasteiger partial charge in [0.1, 0.15) is 25.0 Å². The van der Waals surface area contributed by atoms with Gasteiger partial charge in [-0.15, -0.1) is 0 Å². The second-order valence-electron chi connectivity index (χ2n) is 8.64. The van der Waals surface area contributed by atoms with Gasteiger partial charge in [0.15, 0.2) is 0 Å². The smallest absolute Gasteiger partial charge is 0.255 e. The molecule has 3 aliphatic heterocycles. The van der Waals surface area contributed by atoms with Crippen molar-refractivity contribution in [2.75, 3.05) is 19.7 Å². The van der Waals surface area contributed by atoms with E-state index in [2.05, 4.69) is 11.9 Å². The second kappa shape index (κ2) is 9.30. The van der Waals surface area contributed by atoms with Crippen molar-refractivity contribution in [1.29, 1.82) is 0 Å². The fourth-order valence-electron chi connectivity index (χ4n) is 4.48. The van der Waals surface area contributed by atoms with E-state index in [1.54, 1.807) is 17.0 Å². The summed E-state index contributed by atoms with van der Waals surface area (Å²) in [5.74, 6) is -0.438. The minimum Gasteiger partial charge on any atom is -0.489 e. The Bertz CT molecular complexity index is 1230. The topological polar surface area (TPSA) is 88.2 Å². The summed E-state index contributed by atoms with van der Waals surface area (Å²) in [5.41, 5.74) is 3.78.